The molecule has 0 bridgehead atoms. The summed E-state index contributed by atoms with van der Waals surface area (Å²) in [5, 5.41) is 2.85. The van der Waals surface area contributed by atoms with E-state index in [1.54, 1.807) is 0 Å². The summed E-state index contributed by atoms with van der Waals surface area (Å²) in [6.07, 6.45) is 1.37. The number of nitrogen functional groups attached to an aromatic ring is 1. The predicted molar refractivity (Wildman–Crippen MR) is 88.3 cm³/mol. The van der Waals surface area contributed by atoms with Gasteiger partial charge >= 0.3 is 5.97 Å². The number of Topliss-reactive ketones (excluding diaryl/α,β-unsaturated/α-hetero) is 1. The maximum atomic E-state index is 12.3. The first-order valence-corrected chi connectivity index (χ1v) is 7.75. The van der Waals surface area contributed by atoms with Crippen molar-refractivity contribution in [3.63, 3.8) is 0 Å². The number of esters is 1. The molecule has 0 fully saturated rings. The molecule has 1 aromatic carbocycles. The molecule has 0 heterocycles. The first-order valence-electron chi connectivity index (χ1n) is 7.37. The SMILES string of the molecule is CCCCOC(=O)C(CC(=O)c1ccc(Cl)cc1N)NC(C)=O. The fourth-order valence-corrected chi connectivity index (χ4v) is 2.12. The Labute approximate surface area is 140 Å². The minimum Gasteiger partial charge on any atom is -0.464 e. The van der Waals surface area contributed by atoms with Crippen LogP contribution in [0, 0.1) is 0 Å². The van der Waals surface area contributed by atoms with Crippen LogP contribution in [0.4, 0.5) is 5.69 Å². The number of benzene rings is 1. The molecule has 1 aromatic rings. The molecular formula is C16H21ClN2O4. The Balaban J connectivity index is 2.81. The number of halogens is 1. The summed E-state index contributed by atoms with van der Waals surface area (Å²) in [4.78, 5) is 35.6. The van der Waals surface area contributed by atoms with E-state index >= 15 is 0 Å². The van der Waals surface area contributed by atoms with Gasteiger partial charge in [0, 0.05) is 29.6 Å². The van der Waals surface area contributed by atoms with Gasteiger partial charge in [-0.15, -0.1) is 0 Å². The molecule has 0 aromatic heterocycles. The second kappa shape index (κ2) is 9.15. The van der Waals surface area contributed by atoms with Crippen LogP contribution in [0.3, 0.4) is 0 Å². The Morgan fingerprint density at radius 2 is 2.04 bits per heavy atom. The quantitative estimate of drug-likeness (QED) is 0.327. The third-order valence-corrected chi connectivity index (χ3v) is 3.34. The Kier molecular flexibility index (Phi) is 7.54. The largest absolute Gasteiger partial charge is 0.464 e. The monoisotopic (exact) mass is 340 g/mol. The van der Waals surface area contributed by atoms with E-state index in [0.29, 0.717) is 5.02 Å². The number of nitrogens with two attached hydrogens (primary N) is 1. The maximum Gasteiger partial charge on any atom is 0.329 e. The number of ether oxygens (including phenoxy) is 1. The first kappa shape index (κ1) is 19.0. The third-order valence-electron chi connectivity index (χ3n) is 3.11. The van der Waals surface area contributed by atoms with Gasteiger partial charge in [0.05, 0.1) is 6.61 Å². The number of nitrogens with one attached hydrogen (secondary N) is 1. The number of carbonyl (C=O) groups is 3. The van der Waals surface area contributed by atoms with Crippen LogP contribution < -0.4 is 11.1 Å². The van der Waals surface area contributed by atoms with Crippen molar-refractivity contribution < 1.29 is 19.1 Å². The van der Waals surface area contributed by atoms with Crippen LogP contribution in [-0.4, -0.2) is 30.3 Å². The van der Waals surface area contributed by atoms with Crippen LogP contribution >= 0.6 is 11.6 Å². The molecule has 1 amide bonds. The molecular weight excluding hydrogens is 320 g/mol. The molecule has 0 spiro atoms. The summed E-state index contributed by atoms with van der Waals surface area (Å²) in [6, 6.07) is 3.46. The fourth-order valence-electron chi connectivity index (χ4n) is 1.94. The number of ketones is 1. The molecule has 0 aliphatic rings. The lowest BCUT2D eigenvalue weighted by atomic mass is 10.0. The number of hydrogen-bond donors (Lipinski definition) is 2. The van der Waals surface area contributed by atoms with Crippen molar-refractivity contribution in [1.29, 1.82) is 0 Å². The molecule has 0 saturated heterocycles. The Morgan fingerprint density at radius 3 is 2.61 bits per heavy atom. The lowest BCUT2D eigenvalue weighted by Gasteiger charge is -2.16. The van der Waals surface area contributed by atoms with E-state index in [1.165, 1.54) is 25.1 Å². The maximum absolute atomic E-state index is 12.3. The van der Waals surface area contributed by atoms with Crippen molar-refractivity contribution in [2.75, 3.05) is 12.3 Å². The molecule has 23 heavy (non-hydrogen) atoms. The van der Waals surface area contributed by atoms with Crippen LogP contribution in [0.1, 0.15) is 43.5 Å². The average Bonchev–Trinajstić information content (AvgIpc) is 2.46. The molecule has 0 saturated carbocycles. The standard InChI is InChI=1S/C16H21ClN2O4/c1-3-4-7-23-16(22)14(19-10(2)20)9-15(21)12-6-5-11(17)8-13(12)18/h5-6,8,14H,3-4,7,9,18H2,1-2H3,(H,19,20). The first-order chi connectivity index (χ1) is 10.8. The number of rotatable bonds is 8. The van der Waals surface area contributed by atoms with Crippen molar-refractivity contribution in [1.82, 2.24) is 5.32 Å². The lowest BCUT2D eigenvalue weighted by Crippen LogP contribution is -2.42. The topological polar surface area (TPSA) is 98.5 Å². The molecule has 1 rings (SSSR count). The molecule has 6 nitrogen and oxygen atoms in total. The summed E-state index contributed by atoms with van der Waals surface area (Å²) in [7, 11) is 0. The van der Waals surface area contributed by atoms with E-state index in [0.717, 1.165) is 12.8 Å². The van der Waals surface area contributed by atoms with E-state index in [4.69, 9.17) is 22.1 Å². The molecule has 1 unspecified atom stereocenters. The van der Waals surface area contributed by atoms with E-state index in [-0.39, 0.29) is 30.1 Å². The second-order valence-corrected chi connectivity index (χ2v) is 5.57. The summed E-state index contributed by atoms with van der Waals surface area (Å²) in [5.41, 5.74) is 6.25. The van der Waals surface area contributed by atoms with Crippen molar-refractivity contribution in [2.24, 2.45) is 0 Å². The lowest BCUT2D eigenvalue weighted by molar-refractivity contribution is -0.147. The second-order valence-electron chi connectivity index (χ2n) is 5.13. The van der Waals surface area contributed by atoms with E-state index in [9.17, 15) is 14.4 Å². The van der Waals surface area contributed by atoms with Gasteiger partial charge in [-0.3, -0.25) is 9.59 Å². The molecule has 0 aliphatic carbocycles. The Morgan fingerprint density at radius 1 is 1.35 bits per heavy atom. The molecule has 7 heteroatoms. The number of carbonyl (C=O) groups excluding carboxylic acids is 3. The highest BCUT2D eigenvalue weighted by Gasteiger charge is 2.25. The normalized spacial score (nSPS) is 11.6. The highest BCUT2D eigenvalue weighted by molar-refractivity contribution is 6.31. The Bertz CT molecular complexity index is 589. The summed E-state index contributed by atoms with van der Waals surface area (Å²) < 4.78 is 5.07. The smallest absolute Gasteiger partial charge is 0.329 e. The number of hydrogen-bond acceptors (Lipinski definition) is 5. The van der Waals surface area contributed by atoms with Crippen molar-refractivity contribution in [3.8, 4) is 0 Å². The zero-order valence-corrected chi connectivity index (χ0v) is 14.0. The van der Waals surface area contributed by atoms with Gasteiger partial charge in [-0.25, -0.2) is 4.79 Å². The van der Waals surface area contributed by atoms with Gasteiger partial charge in [0.15, 0.2) is 5.78 Å². The van der Waals surface area contributed by atoms with Crippen molar-refractivity contribution in [3.05, 3.63) is 28.8 Å². The highest BCUT2D eigenvalue weighted by Crippen LogP contribution is 2.20. The van der Waals surface area contributed by atoms with Crippen LogP contribution in [0.25, 0.3) is 0 Å². The molecule has 0 aliphatic heterocycles. The van der Waals surface area contributed by atoms with Gasteiger partial charge in [-0.2, -0.15) is 0 Å². The van der Waals surface area contributed by atoms with Gasteiger partial charge in [0.25, 0.3) is 0 Å². The van der Waals surface area contributed by atoms with E-state index in [2.05, 4.69) is 5.32 Å². The predicted octanol–water partition coefficient (Wildman–Crippen LogP) is 2.34. The summed E-state index contributed by atoms with van der Waals surface area (Å²) >= 11 is 5.80. The number of anilines is 1. The highest BCUT2D eigenvalue weighted by atomic mass is 35.5. The number of unbranched alkanes of at least 4 members (excludes halogenated alkanes) is 1. The van der Waals surface area contributed by atoms with E-state index in [1.807, 2.05) is 6.92 Å². The minimum atomic E-state index is -1.04. The number of amides is 1. The van der Waals surface area contributed by atoms with Crippen LogP contribution in [-0.2, 0) is 14.3 Å². The van der Waals surface area contributed by atoms with Gasteiger partial charge < -0.3 is 15.8 Å². The zero-order chi connectivity index (χ0) is 17.4. The average molecular weight is 341 g/mol. The van der Waals surface area contributed by atoms with Crippen molar-refractivity contribution >= 4 is 34.9 Å². The molecule has 1 atom stereocenters. The van der Waals surface area contributed by atoms with Crippen molar-refractivity contribution in [2.45, 2.75) is 39.2 Å². The molecule has 126 valence electrons. The van der Waals surface area contributed by atoms with Gasteiger partial charge in [-0.1, -0.05) is 24.9 Å². The Hall–Kier alpha value is -2.08. The van der Waals surface area contributed by atoms with Crippen LogP contribution in [0.5, 0.6) is 0 Å². The summed E-state index contributed by atoms with van der Waals surface area (Å²) in [6.45, 7) is 3.49. The van der Waals surface area contributed by atoms with E-state index < -0.39 is 17.9 Å². The zero-order valence-electron chi connectivity index (χ0n) is 13.2. The summed E-state index contributed by atoms with van der Waals surface area (Å²) in [5.74, 6) is -1.42. The fraction of sp³-hybridized carbons (Fsp3) is 0.438. The molecule has 3 N–H and O–H groups in total. The van der Waals surface area contributed by atoms with Gasteiger partial charge in [0.1, 0.15) is 6.04 Å². The van der Waals surface area contributed by atoms with Gasteiger partial charge in [0.2, 0.25) is 5.91 Å². The molecule has 0 radical (unpaired) electrons. The van der Waals surface area contributed by atoms with Crippen LogP contribution in [0.15, 0.2) is 18.2 Å². The minimum absolute atomic E-state index is 0.225. The third kappa shape index (κ3) is 6.28. The van der Waals surface area contributed by atoms with Gasteiger partial charge in [-0.05, 0) is 24.6 Å². The van der Waals surface area contributed by atoms with Crippen LogP contribution in [0.2, 0.25) is 5.02 Å².